The zero-order chi connectivity index (χ0) is 17.5. The maximum Gasteiger partial charge on any atom is 0.387 e. The van der Waals surface area contributed by atoms with Crippen LogP contribution >= 0.6 is 24.0 Å². The number of rotatable bonds is 7. The molecule has 1 saturated heterocycles. The topological polar surface area (TPSA) is 67.6 Å². The highest BCUT2D eigenvalue weighted by atomic mass is 35.5. The molecular weight excluding hydrogens is 375 g/mol. The molecule has 1 fully saturated rings. The molecule has 142 valence electrons. The number of halogens is 4. The minimum atomic E-state index is -2.89. The third kappa shape index (κ3) is 6.93. The molecule has 1 aliphatic heterocycles. The number of piperidine rings is 1. The SMILES string of the molecule is Cl.NCCNC(=O)C1CCCN(Cc2cc(Cl)ccc2OC(F)F)C1. The van der Waals surface area contributed by atoms with Gasteiger partial charge in [0.1, 0.15) is 5.75 Å². The third-order valence-corrected chi connectivity index (χ3v) is 4.19. The number of nitrogens with zero attached hydrogens (tertiary/aromatic N) is 1. The van der Waals surface area contributed by atoms with Crippen LogP contribution in [0.5, 0.6) is 5.75 Å². The van der Waals surface area contributed by atoms with Crippen LogP contribution in [-0.2, 0) is 11.3 Å². The minimum absolute atomic E-state index is 0. The van der Waals surface area contributed by atoms with E-state index < -0.39 is 6.61 Å². The Kier molecular flexibility index (Phi) is 9.42. The number of benzene rings is 1. The van der Waals surface area contributed by atoms with E-state index in [0.717, 1.165) is 19.4 Å². The molecule has 3 N–H and O–H groups in total. The summed E-state index contributed by atoms with van der Waals surface area (Å²) in [6.07, 6.45) is 1.68. The van der Waals surface area contributed by atoms with Crippen LogP contribution in [0, 0.1) is 5.92 Å². The van der Waals surface area contributed by atoms with Gasteiger partial charge in [-0.2, -0.15) is 8.78 Å². The number of carbonyl (C=O) groups excluding carboxylic acids is 1. The summed E-state index contributed by atoms with van der Waals surface area (Å²) in [6.45, 7) is -0.266. The Labute approximate surface area is 157 Å². The van der Waals surface area contributed by atoms with Crippen LogP contribution in [0.2, 0.25) is 5.02 Å². The van der Waals surface area contributed by atoms with Gasteiger partial charge in [-0.15, -0.1) is 12.4 Å². The van der Waals surface area contributed by atoms with Crippen molar-refractivity contribution in [1.82, 2.24) is 10.2 Å². The Balaban J connectivity index is 0.00000312. The van der Waals surface area contributed by atoms with Crippen LogP contribution in [0.25, 0.3) is 0 Å². The van der Waals surface area contributed by atoms with E-state index in [0.29, 0.717) is 36.8 Å². The van der Waals surface area contributed by atoms with E-state index in [1.807, 2.05) is 0 Å². The van der Waals surface area contributed by atoms with E-state index in [2.05, 4.69) is 15.0 Å². The molecule has 0 bridgehead atoms. The van der Waals surface area contributed by atoms with Crippen molar-refractivity contribution in [2.24, 2.45) is 11.7 Å². The minimum Gasteiger partial charge on any atom is -0.434 e. The molecule has 0 saturated carbocycles. The maximum absolute atomic E-state index is 12.5. The second-order valence-corrected chi connectivity index (χ2v) is 6.22. The van der Waals surface area contributed by atoms with E-state index in [1.165, 1.54) is 12.1 Å². The lowest BCUT2D eigenvalue weighted by Gasteiger charge is -2.32. The van der Waals surface area contributed by atoms with Gasteiger partial charge in [-0.05, 0) is 37.6 Å². The van der Waals surface area contributed by atoms with E-state index in [-0.39, 0.29) is 30.0 Å². The lowest BCUT2D eigenvalue weighted by atomic mass is 9.96. The fraction of sp³-hybridized carbons (Fsp3) is 0.562. The van der Waals surface area contributed by atoms with Gasteiger partial charge in [-0.3, -0.25) is 9.69 Å². The van der Waals surface area contributed by atoms with Crippen LogP contribution < -0.4 is 15.8 Å². The predicted molar refractivity (Wildman–Crippen MR) is 95.4 cm³/mol. The lowest BCUT2D eigenvalue weighted by molar-refractivity contribution is -0.126. The molecule has 9 heteroatoms. The van der Waals surface area contributed by atoms with Gasteiger partial charge in [0.05, 0.1) is 5.92 Å². The number of amides is 1. The monoisotopic (exact) mass is 397 g/mol. The molecule has 0 spiro atoms. The Morgan fingerprint density at radius 2 is 2.24 bits per heavy atom. The van der Waals surface area contributed by atoms with Gasteiger partial charge in [0.15, 0.2) is 0 Å². The van der Waals surface area contributed by atoms with Crippen molar-refractivity contribution < 1.29 is 18.3 Å². The molecular formula is C16H23Cl2F2N3O2. The van der Waals surface area contributed by atoms with Crippen molar-refractivity contribution in [3.05, 3.63) is 28.8 Å². The average Bonchev–Trinajstić information content (AvgIpc) is 2.55. The van der Waals surface area contributed by atoms with Crippen LogP contribution in [0.1, 0.15) is 18.4 Å². The fourth-order valence-corrected chi connectivity index (χ4v) is 3.07. The first kappa shape index (κ1) is 21.9. The average molecular weight is 398 g/mol. The van der Waals surface area contributed by atoms with Gasteiger partial charge in [-0.25, -0.2) is 0 Å². The summed E-state index contributed by atoms with van der Waals surface area (Å²) >= 11 is 5.97. The highest BCUT2D eigenvalue weighted by Gasteiger charge is 2.26. The molecule has 1 aromatic carbocycles. The molecule has 0 aliphatic carbocycles. The number of likely N-dealkylation sites (tertiary alicyclic amines) is 1. The van der Waals surface area contributed by atoms with Gasteiger partial charge in [-0.1, -0.05) is 11.6 Å². The Hall–Kier alpha value is -1.15. The van der Waals surface area contributed by atoms with E-state index in [9.17, 15) is 13.6 Å². The standard InChI is InChI=1S/C16H22ClF2N3O2.ClH/c17-13-3-4-14(24-16(18)19)12(8-13)10-22-7-1-2-11(9-22)15(23)21-6-5-20;/h3-4,8,11,16H,1-2,5-7,9-10,20H2,(H,21,23);1H. The quantitative estimate of drug-likeness (QED) is 0.741. The number of carbonyl (C=O) groups is 1. The second-order valence-electron chi connectivity index (χ2n) is 5.78. The summed E-state index contributed by atoms with van der Waals surface area (Å²) in [5.41, 5.74) is 5.98. The van der Waals surface area contributed by atoms with Gasteiger partial charge >= 0.3 is 6.61 Å². The van der Waals surface area contributed by atoms with Gasteiger partial charge in [0, 0.05) is 36.8 Å². The van der Waals surface area contributed by atoms with Gasteiger partial charge < -0.3 is 15.8 Å². The van der Waals surface area contributed by atoms with E-state index >= 15 is 0 Å². The number of nitrogens with two attached hydrogens (primary N) is 1. The van der Waals surface area contributed by atoms with Crippen molar-refractivity contribution >= 4 is 29.9 Å². The van der Waals surface area contributed by atoms with Crippen LogP contribution in [0.3, 0.4) is 0 Å². The molecule has 0 aromatic heterocycles. The van der Waals surface area contributed by atoms with Gasteiger partial charge in [0.25, 0.3) is 0 Å². The van der Waals surface area contributed by atoms with Crippen LogP contribution in [0.4, 0.5) is 8.78 Å². The fourth-order valence-electron chi connectivity index (χ4n) is 2.88. The first-order valence-electron chi connectivity index (χ1n) is 7.93. The van der Waals surface area contributed by atoms with E-state index in [4.69, 9.17) is 17.3 Å². The number of ether oxygens (including phenoxy) is 1. The summed E-state index contributed by atoms with van der Waals surface area (Å²) in [7, 11) is 0. The van der Waals surface area contributed by atoms with Crippen molar-refractivity contribution in [2.45, 2.75) is 26.0 Å². The zero-order valence-electron chi connectivity index (χ0n) is 13.7. The van der Waals surface area contributed by atoms with Crippen LogP contribution in [0.15, 0.2) is 18.2 Å². The second kappa shape index (κ2) is 10.8. The molecule has 25 heavy (non-hydrogen) atoms. The molecule has 2 rings (SSSR count). The Morgan fingerprint density at radius 1 is 1.48 bits per heavy atom. The molecule has 1 aliphatic rings. The van der Waals surface area contributed by atoms with E-state index in [1.54, 1.807) is 6.07 Å². The number of hydrogen-bond donors (Lipinski definition) is 2. The molecule has 1 amide bonds. The Morgan fingerprint density at radius 3 is 2.92 bits per heavy atom. The zero-order valence-corrected chi connectivity index (χ0v) is 15.3. The summed E-state index contributed by atoms with van der Waals surface area (Å²) in [6, 6.07) is 4.58. The lowest BCUT2D eigenvalue weighted by Crippen LogP contribution is -2.43. The first-order valence-corrected chi connectivity index (χ1v) is 8.30. The predicted octanol–water partition coefficient (Wildman–Crippen LogP) is 2.65. The normalized spacial score (nSPS) is 17.9. The molecule has 1 aromatic rings. The third-order valence-electron chi connectivity index (χ3n) is 3.95. The summed E-state index contributed by atoms with van der Waals surface area (Å²) in [5, 5.41) is 3.26. The highest BCUT2D eigenvalue weighted by molar-refractivity contribution is 6.30. The van der Waals surface area contributed by atoms with Crippen molar-refractivity contribution in [1.29, 1.82) is 0 Å². The van der Waals surface area contributed by atoms with Gasteiger partial charge in [0.2, 0.25) is 5.91 Å². The summed E-state index contributed by atoms with van der Waals surface area (Å²) in [4.78, 5) is 14.1. The Bertz CT molecular complexity index is 564. The summed E-state index contributed by atoms with van der Waals surface area (Å²) < 4.78 is 29.6. The summed E-state index contributed by atoms with van der Waals surface area (Å²) in [5.74, 6) is -0.0200. The number of hydrogen-bond acceptors (Lipinski definition) is 4. The molecule has 5 nitrogen and oxygen atoms in total. The maximum atomic E-state index is 12.5. The van der Waals surface area contributed by atoms with Crippen molar-refractivity contribution in [3.63, 3.8) is 0 Å². The van der Waals surface area contributed by atoms with Crippen molar-refractivity contribution in [2.75, 3.05) is 26.2 Å². The smallest absolute Gasteiger partial charge is 0.387 e. The first-order chi connectivity index (χ1) is 11.5. The van der Waals surface area contributed by atoms with Crippen molar-refractivity contribution in [3.8, 4) is 5.75 Å². The molecule has 1 heterocycles. The molecule has 1 atom stereocenters. The molecule has 0 radical (unpaired) electrons. The molecule has 1 unspecified atom stereocenters. The highest BCUT2D eigenvalue weighted by Crippen LogP contribution is 2.27. The van der Waals surface area contributed by atoms with Crippen LogP contribution in [-0.4, -0.2) is 43.6 Å². The number of nitrogens with one attached hydrogen (secondary N) is 1. The largest absolute Gasteiger partial charge is 0.434 e. The number of alkyl halides is 2.